The molecule has 5 nitrogen and oxygen atoms in total. The number of hydrogen-bond acceptors (Lipinski definition) is 5. The van der Waals surface area contributed by atoms with Crippen molar-refractivity contribution in [3.05, 3.63) is 110 Å². The van der Waals surface area contributed by atoms with Crippen molar-refractivity contribution in [1.29, 1.82) is 0 Å². The van der Waals surface area contributed by atoms with Crippen molar-refractivity contribution in [2.45, 2.75) is 38.9 Å². The van der Waals surface area contributed by atoms with Gasteiger partial charge < -0.3 is 9.31 Å². The van der Waals surface area contributed by atoms with Gasteiger partial charge in [-0.15, -0.1) is 0 Å². The zero-order chi connectivity index (χ0) is 27.0. The lowest BCUT2D eigenvalue weighted by Crippen LogP contribution is -2.41. The van der Waals surface area contributed by atoms with Gasteiger partial charge in [0.25, 0.3) is 0 Å². The van der Waals surface area contributed by atoms with E-state index in [4.69, 9.17) is 14.3 Å². The minimum atomic E-state index is -0.399. The fraction of sp³-hybridized carbons (Fsp3) is 0.182. The molecule has 0 N–H and O–H groups in total. The van der Waals surface area contributed by atoms with Crippen LogP contribution in [0.3, 0.4) is 0 Å². The first-order valence-electron chi connectivity index (χ1n) is 13.2. The predicted octanol–water partition coefficient (Wildman–Crippen LogP) is 6.84. The summed E-state index contributed by atoms with van der Waals surface area (Å²) in [5, 5.41) is 0. The first kappa shape index (κ1) is 25.2. The largest absolute Gasteiger partial charge is 0.494 e. The van der Waals surface area contributed by atoms with Gasteiger partial charge >= 0.3 is 7.12 Å². The molecular formula is C33H30BN3O2. The van der Waals surface area contributed by atoms with Crippen molar-refractivity contribution in [3.63, 3.8) is 0 Å². The molecular weight excluding hydrogens is 481 g/mol. The summed E-state index contributed by atoms with van der Waals surface area (Å²) in [5.74, 6) is 0. The second kappa shape index (κ2) is 9.88. The molecule has 3 aromatic heterocycles. The van der Waals surface area contributed by atoms with Gasteiger partial charge in [0.2, 0.25) is 0 Å². The molecule has 6 heteroatoms. The maximum atomic E-state index is 6.31. The lowest BCUT2D eigenvalue weighted by atomic mass is 9.78. The Morgan fingerprint density at radius 2 is 0.974 bits per heavy atom. The maximum Gasteiger partial charge on any atom is 0.494 e. The molecule has 0 aliphatic carbocycles. The van der Waals surface area contributed by atoms with E-state index in [2.05, 4.69) is 98.3 Å². The van der Waals surface area contributed by atoms with Crippen molar-refractivity contribution in [3.8, 4) is 44.8 Å². The van der Waals surface area contributed by atoms with Crippen LogP contribution in [0.2, 0.25) is 0 Å². The molecule has 5 aromatic rings. The number of aromatic nitrogens is 3. The van der Waals surface area contributed by atoms with Crippen LogP contribution in [0.15, 0.2) is 110 Å². The molecule has 0 bridgehead atoms. The number of nitrogens with zero attached hydrogens (tertiary/aromatic N) is 3. The standard InChI is InChI=1S/C33H30BN3O2/c1-32(2)33(3,4)39-34(38-32)29-10-6-9-27(20-29)25-7-5-8-26(19-25)28-21-30(23-11-15-35-16-12-23)37-31(22-28)24-13-17-36-18-14-24/h5-22H,1-4H3. The van der Waals surface area contributed by atoms with E-state index in [-0.39, 0.29) is 11.2 Å². The van der Waals surface area contributed by atoms with Gasteiger partial charge in [-0.25, -0.2) is 4.98 Å². The van der Waals surface area contributed by atoms with Crippen molar-refractivity contribution >= 4 is 12.6 Å². The smallest absolute Gasteiger partial charge is 0.399 e. The van der Waals surface area contributed by atoms with Crippen LogP contribution in [-0.4, -0.2) is 33.3 Å². The second-order valence-corrected chi connectivity index (χ2v) is 10.9. The Labute approximate surface area is 230 Å². The average Bonchev–Trinajstić information content (AvgIpc) is 3.20. The Bertz CT molecular complexity index is 1550. The molecule has 0 atom stereocenters. The maximum absolute atomic E-state index is 6.31. The highest BCUT2D eigenvalue weighted by molar-refractivity contribution is 6.62. The lowest BCUT2D eigenvalue weighted by molar-refractivity contribution is 0.00578. The average molecular weight is 511 g/mol. The van der Waals surface area contributed by atoms with Gasteiger partial charge in [-0.3, -0.25) is 9.97 Å². The topological polar surface area (TPSA) is 57.1 Å². The van der Waals surface area contributed by atoms with Crippen LogP contribution in [0.5, 0.6) is 0 Å². The molecule has 1 aliphatic heterocycles. The highest BCUT2D eigenvalue weighted by Crippen LogP contribution is 2.37. The van der Waals surface area contributed by atoms with Gasteiger partial charge in [-0.2, -0.15) is 0 Å². The summed E-state index contributed by atoms with van der Waals surface area (Å²) in [6.07, 6.45) is 7.18. The van der Waals surface area contributed by atoms with Crippen molar-refractivity contribution in [1.82, 2.24) is 15.0 Å². The third-order valence-corrected chi connectivity index (χ3v) is 7.72. The molecule has 1 saturated heterocycles. The Morgan fingerprint density at radius 3 is 1.51 bits per heavy atom. The number of benzene rings is 2. The van der Waals surface area contributed by atoms with E-state index in [0.29, 0.717) is 0 Å². The van der Waals surface area contributed by atoms with E-state index in [1.54, 1.807) is 24.8 Å². The van der Waals surface area contributed by atoms with E-state index >= 15 is 0 Å². The molecule has 4 heterocycles. The molecule has 0 radical (unpaired) electrons. The van der Waals surface area contributed by atoms with Crippen molar-refractivity contribution in [2.24, 2.45) is 0 Å². The van der Waals surface area contributed by atoms with Crippen LogP contribution in [0.4, 0.5) is 0 Å². The van der Waals surface area contributed by atoms with Gasteiger partial charge in [-0.1, -0.05) is 42.5 Å². The van der Waals surface area contributed by atoms with E-state index in [1.807, 2.05) is 24.3 Å². The van der Waals surface area contributed by atoms with Gasteiger partial charge in [-0.05, 0) is 97.9 Å². The lowest BCUT2D eigenvalue weighted by Gasteiger charge is -2.32. The highest BCUT2D eigenvalue weighted by atomic mass is 16.7. The molecule has 6 rings (SSSR count). The molecule has 2 aromatic carbocycles. The molecule has 1 fully saturated rings. The normalized spacial score (nSPS) is 15.8. The van der Waals surface area contributed by atoms with Crippen LogP contribution in [-0.2, 0) is 9.31 Å². The molecule has 1 aliphatic rings. The fourth-order valence-corrected chi connectivity index (χ4v) is 4.76. The molecule has 39 heavy (non-hydrogen) atoms. The highest BCUT2D eigenvalue weighted by Gasteiger charge is 2.51. The quantitative estimate of drug-likeness (QED) is 0.242. The first-order valence-corrected chi connectivity index (χ1v) is 13.2. The van der Waals surface area contributed by atoms with Gasteiger partial charge in [0.05, 0.1) is 22.6 Å². The summed E-state index contributed by atoms with van der Waals surface area (Å²) in [6.45, 7) is 8.32. The van der Waals surface area contributed by atoms with Gasteiger partial charge in [0, 0.05) is 35.9 Å². The van der Waals surface area contributed by atoms with Crippen LogP contribution in [0, 0.1) is 0 Å². The number of rotatable bonds is 5. The van der Waals surface area contributed by atoms with Gasteiger partial charge in [0.1, 0.15) is 0 Å². The summed E-state index contributed by atoms with van der Waals surface area (Å²) in [4.78, 5) is 13.3. The van der Waals surface area contributed by atoms with Crippen LogP contribution in [0.25, 0.3) is 44.8 Å². The summed E-state index contributed by atoms with van der Waals surface area (Å²) in [5.41, 5.74) is 8.53. The summed E-state index contributed by atoms with van der Waals surface area (Å²) < 4.78 is 12.6. The Balaban J connectivity index is 1.39. The third kappa shape index (κ3) is 5.01. The minimum Gasteiger partial charge on any atom is -0.399 e. The summed E-state index contributed by atoms with van der Waals surface area (Å²) >= 11 is 0. The monoisotopic (exact) mass is 511 g/mol. The zero-order valence-corrected chi connectivity index (χ0v) is 22.6. The number of hydrogen-bond donors (Lipinski definition) is 0. The summed E-state index contributed by atoms with van der Waals surface area (Å²) in [7, 11) is -0.399. The minimum absolute atomic E-state index is 0.381. The first-order chi connectivity index (χ1) is 18.8. The van der Waals surface area contributed by atoms with E-state index in [1.165, 1.54) is 0 Å². The van der Waals surface area contributed by atoms with Crippen LogP contribution >= 0.6 is 0 Å². The zero-order valence-electron chi connectivity index (χ0n) is 22.6. The Hall–Kier alpha value is -4.13. The van der Waals surface area contributed by atoms with E-state index in [9.17, 15) is 0 Å². The van der Waals surface area contributed by atoms with E-state index in [0.717, 1.165) is 50.2 Å². The Morgan fingerprint density at radius 1 is 0.513 bits per heavy atom. The molecule has 0 unspecified atom stereocenters. The molecule has 192 valence electrons. The molecule has 0 saturated carbocycles. The number of pyridine rings is 3. The Kier molecular flexibility index (Phi) is 6.38. The van der Waals surface area contributed by atoms with Crippen molar-refractivity contribution < 1.29 is 9.31 Å². The fourth-order valence-electron chi connectivity index (χ4n) is 4.76. The molecule has 0 spiro atoms. The summed E-state index contributed by atoms with van der Waals surface area (Å²) in [6, 6.07) is 29.3. The van der Waals surface area contributed by atoms with E-state index < -0.39 is 7.12 Å². The molecule has 0 amide bonds. The predicted molar refractivity (Wildman–Crippen MR) is 157 cm³/mol. The SMILES string of the molecule is CC1(C)OB(c2cccc(-c3cccc(-c4cc(-c5ccncc5)nc(-c5ccncc5)c4)c3)c2)OC1(C)C. The van der Waals surface area contributed by atoms with Crippen molar-refractivity contribution in [2.75, 3.05) is 0 Å². The van der Waals surface area contributed by atoms with Crippen LogP contribution in [0.1, 0.15) is 27.7 Å². The second-order valence-electron chi connectivity index (χ2n) is 10.9. The van der Waals surface area contributed by atoms with Gasteiger partial charge in [0.15, 0.2) is 0 Å². The third-order valence-electron chi connectivity index (χ3n) is 7.72. The van der Waals surface area contributed by atoms with Crippen LogP contribution < -0.4 is 5.46 Å².